The Kier molecular flexibility index (Phi) is 3.95. The number of carboxylic acids is 1. The average Bonchev–Trinajstić information content (AvgIpc) is 2.87. The zero-order valence-corrected chi connectivity index (χ0v) is 10.4. The second-order valence-electron chi connectivity index (χ2n) is 3.88. The van der Waals surface area contributed by atoms with Crippen molar-refractivity contribution in [3.63, 3.8) is 0 Å². The Labute approximate surface area is 107 Å². The number of aliphatic hydroxyl groups is 1. The summed E-state index contributed by atoms with van der Waals surface area (Å²) in [5.41, 5.74) is 0. The topological polar surface area (TPSA) is 87.1 Å². The molecule has 1 fully saturated rings. The van der Waals surface area contributed by atoms with Gasteiger partial charge in [-0.3, -0.25) is 4.79 Å². The number of amides is 1. The normalized spacial score (nSPS) is 19.8. The Hall–Kier alpha value is -1.44. The number of hydrogen-bond donors (Lipinski definition) is 2. The molecule has 1 aromatic rings. The number of morpholine rings is 1. The van der Waals surface area contributed by atoms with Crippen LogP contribution >= 0.6 is 11.3 Å². The Bertz CT molecular complexity index is 458. The summed E-state index contributed by atoms with van der Waals surface area (Å²) in [4.78, 5) is 25.0. The van der Waals surface area contributed by atoms with E-state index in [-0.39, 0.29) is 23.4 Å². The molecule has 2 N–H and O–H groups in total. The fourth-order valence-electron chi connectivity index (χ4n) is 1.78. The van der Waals surface area contributed by atoms with E-state index in [0.717, 1.165) is 11.3 Å². The summed E-state index contributed by atoms with van der Waals surface area (Å²) in [6.45, 7) is 0.978. The molecule has 18 heavy (non-hydrogen) atoms. The van der Waals surface area contributed by atoms with Crippen LogP contribution in [0.5, 0.6) is 0 Å². The number of aromatic carboxylic acids is 1. The molecular weight excluding hydrogens is 258 g/mol. The number of nitrogens with zero attached hydrogens (tertiary/aromatic N) is 1. The van der Waals surface area contributed by atoms with Crippen LogP contribution in [0, 0.1) is 0 Å². The molecule has 2 heterocycles. The summed E-state index contributed by atoms with van der Waals surface area (Å²) in [5.74, 6) is -1.30. The van der Waals surface area contributed by atoms with Gasteiger partial charge in [-0.25, -0.2) is 4.79 Å². The first kappa shape index (κ1) is 13.0. The van der Waals surface area contributed by atoms with Crippen molar-refractivity contribution >= 4 is 23.2 Å². The van der Waals surface area contributed by atoms with Gasteiger partial charge in [-0.2, -0.15) is 0 Å². The summed E-state index contributed by atoms with van der Waals surface area (Å²) < 4.78 is 5.19. The quantitative estimate of drug-likeness (QED) is 0.824. The summed E-state index contributed by atoms with van der Waals surface area (Å²) in [7, 11) is 0. The van der Waals surface area contributed by atoms with Crippen LogP contribution in [-0.4, -0.2) is 59.4 Å². The summed E-state index contributed by atoms with van der Waals surface area (Å²) in [6, 6.07) is 2.55. The number of hydrogen-bond acceptors (Lipinski definition) is 5. The van der Waals surface area contributed by atoms with Gasteiger partial charge in [0.25, 0.3) is 5.91 Å². The van der Waals surface area contributed by atoms with Crippen LogP contribution in [0.1, 0.15) is 19.3 Å². The van der Waals surface area contributed by atoms with E-state index in [4.69, 9.17) is 9.84 Å². The zero-order valence-electron chi connectivity index (χ0n) is 9.54. The Balaban J connectivity index is 2.15. The molecule has 1 unspecified atom stereocenters. The van der Waals surface area contributed by atoms with Gasteiger partial charge >= 0.3 is 5.97 Å². The molecule has 0 spiro atoms. The van der Waals surface area contributed by atoms with Gasteiger partial charge in [-0.1, -0.05) is 0 Å². The highest BCUT2D eigenvalue weighted by Crippen LogP contribution is 2.20. The van der Waals surface area contributed by atoms with Gasteiger partial charge in [-0.15, -0.1) is 11.3 Å². The number of carbonyl (C=O) groups is 2. The first-order valence-corrected chi connectivity index (χ1v) is 6.28. The van der Waals surface area contributed by atoms with Gasteiger partial charge in [0.2, 0.25) is 0 Å². The van der Waals surface area contributed by atoms with E-state index in [1.807, 2.05) is 0 Å². The largest absolute Gasteiger partial charge is 0.477 e. The molecule has 1 amide bonds. The molecule has 1 aliphatic heterocycles. The fourth-order valence-corrected chi connectivity index (χ4v) is 2.58. The van der Waals surface area contributed by atoms with Gasteiger partial charge in [0.1, 0.15) is 4.88 Å². The molecule has 0 radical (unpaired) electrons. The van der Waals surface area contributed by atoms with E-state index in [9.17, 15) is 14.7 Å². The lowest BCUT2D eigenvalue weighted by Gasteiger charge is -2.34. The molecule has 0 aromatic carbocycles. The number of carboxylic acid groups (broad SMARTS) is 1. The lowest BCUT2D eigenvalue weighted by Crippen LogP contribution is -2.50. The van der Waals surface area contributed by atoms with Crippen molar-refractivity contribution in [2.75, 3.05) is 26.4 Å². The van der Waals surface area contributed by atoms with Crippen molar-refractivity contribution in [3.05, 3.63) is 21.9 Å². The molecule has 1 atom stereocenters. The van der Waals surface area contributed by atoms with E-state index in [2.05, 4.69) is 0 Å². The first-order chi connectivity index (χ1) is 8.63. The molecule has 0 saturated carbocycles. The van der Waals surface area contributed by atoms with Gasteiger partial charge in [-0.05, 0) is 12.1 Å². The number of aliphatic hydroxyl groups excluding tert-OH is 1. The molecule has 0 aliphatic carbocycles. The minimum Gasteiger partial charge on any atom is -0.477 e. The van der Waals surface area contributed by atoms with E-state index in [0.29, 0.717) is 24.6 Å². The first-order valence-electron chi connectivity index (χ1n) is 5.46. The number of rotatable bonds is 3. The molecule has 7 heteroatoms. The second kappa shape index (κ2) is 5.47. The monoisotopic (exact) mass is 271 g/mol. The van der Waals surface area contributed by atoms with Gasteiger partial charge < -0.3 is 19.8 Å². The van der Waals surface area contributed by atoms with Crippen LogP contribution < -0.4 is 0 Å². The number of ether oxygens (including phenoxy) is 1. The highest BCUT2D eigenvalue weighted by molar-refractivity contribution is 7.15. The minimum absolute atomic E-state index is 0.132. The van der Waals surface area contributed by atoms with E-state index < -0.39 is 5.97 Å². The standard InChI is InChI=1S/C11H13NO5S/c13-5-7-6-17-4-3-12(7)10(14)8-1-2-9(18-8)11(15)16/h1-2,7,13H,3-6H2,(H,15,16). The van der Waals surface area contributed by atoms with Gasteiger partial charge in [0.15, 0.2) is 0 Å². The lowest BCUT2D eigenvalue weighted by atomic mass is 10.2. The Morgan fingerprint density at radius 3 is 2.78 bits per heavy atom. The van der Waals surface area contributed by atoms with Gasteiger partial charge in [0.05, 0.1) is 30.7 Å². The van der Waals surface area contributed by atoms with E-state index >= 15 is 0 Å². The third-order valence-corrected chi connectivity index (χ3v) is 3.79. The van der Waals surface area contributed by atoms with Crippen molar-refractivity contribution in [1.82, 2.24) is 4.90 Å². The van der Waals surface area contributed by atoms with E-state index in [1.54, 1.807) is 0 Å². The molecule has 2 rings (SSSR count). The maximum atomic E-state index is 12.2. The molecule has 1 saturated heterocycles. The Morgan fingerprint density at radius 2 is 2.17 bits per heavy atom. The smallest absolute Gasteiger partial charge is 0.345 e. The van der Waals surface area contributed by atoms with Crippen molar-refractivity contribution in [3.8, 4) is 0 Å². The van der Waals surface area contributed by atoms with Gasteiger partial charge in [0, 0.05) is 6.54 Å². The van der Waals surface area contributed by atoms with Crippen molar-refractivity contribution in [2.24, 2.45) is 0 Å². The maximum absolute atomic E-state index is 12.2. The Morgan fingerprint density at radius 1 is 1.44 bits per heavy atom. The van der Waals surface area contributed by atoms with Crippen molar-refractivity contribution in [1.29, 1.82) is 0 Å². The third kappa shape index (κ3) is 2.53. The van der Waals surface area contributed by atoms with Crippen LogP contribution in [0.25, 0.3) is 0 Å². The summed E-state index contributed by atoms with van der Waals surface area (Å²) in [5, 5.41) is 18.0. The van der Waals surface area contributed by atoms with Crippen molar-refractivity contribution < 1.29 is 24.5 Å². The van der Waals surface area contributed by atoms with Crippen LogP contribution in [0.4, 0.5) is 0 Å². The molecule has 0 bridgehead atoms. The predicted molar refractivity (Wildman–Crippen MR) is 64.0 cm³/mol. The summed E-state index contributed by atoms with van der Waals surface area (Å²) in [6.07, 6.45) is 0. The summed E-state index contributed by atoms with van der Waals surface area (Å²) >= 11 is 0.942. The van der Waals surface area contributed by atoms with Crippen LogP contribution in [0.15, 0.2) is 12.1 Å². The highest BCUT2D eigenvalue weighted by Gasteiger charge is 2.28. The number of thiophene rings is 1. The molecular formula is C11H13NO5S. The van der Waals surface area contributed by atoms with E-state index in [1.165, 1.54) is 17.0 Å². The second-order valence-corrected chi connectivity index (χ2v) is 4.96. The predicted octanol–water partition coefficient (Wildman–Crippen LogP) is 0.280. The minimum atomic E-state index is -1.04. The maximum Gasteiger partial charge on any atom is 0.345 e. The van der Waals surface area contributed by atoms with Crippen LogP contribution in [-0.2, 0) is 4.74 Å². The highest BCUT2D eigenvalue weighted by atomic mass is 32.1. The third-order valence-electron chi connectivity index (χ3n) is 2.73. The molecule has 6 nitrogen and oxygen atoms in total. The molecule has 98 valence electrons. The SMILES string of the molecule is O=C(O)c1ccc(C(=O)N2CCOCC2CO)s1. The molecule has 1 aliphatic rings. The number of carbonyl (C=O) groups excluding carboxylic acids is 1. The average molecular weight is 271 g/mol. The fraction of sp³-hybridized carbons (Fsp3) is 0.455. The van der Waals surface area contributed by atoms with Crippen LogP contribution in [0.2, 0.25) is 0 Å². The molecule has 1 aromatic heterocycles. The van der Waals surface area contributed by atoms with Crippen LogP contribution in [0.3, 0.4) is 0 Å². The van der Waals surface area contributed by atoms with Crippen molar-refractivity contribution in [2.45, 2.75) is 6.04 Å². The lowest BCUT2D eigenvalue weighted by molar-refractivity contribution is -0.0181. The zero-order chi connectivity index (χ0) is 13.1.